The lowest BCUT2D eigenvalue weighted by Gasteiger charge is -2.13. The number of hydrogen-bond acceptors (Lipinski definition) is 3. The van der Waals surface area contributed by atoms with Crippen LogP contribution in [0.15, 0.2) is 30.3 Å². The van der Waals surface area contributed by atoms with Crippen molar-refractivity contribution in [2.45, 2.75) is 13.0 Å². The Kier molecular flexibility index (Phi) is 3.45. The minimum absolute atomic E-state index is 0.381. The minimum atomic E-state index is -0.848. The molecule has 0 aliphatic heterocycles. The van der Waals surface area contributed by atoms with Crippen molar-refractivity contribution in [1.29, 1.82) is 0 Å². The van der Waals surface area contributed by atoms with Gasteiger partial charge in [0.15, 0.2) is 0 Å². The number of rotatable bonds is 3. The quantitative estimate of drug-likeness (QED) is 0.908. The predicted molar refractivity (Wildman–Crippen MR) is 66.1 cm³/mol. The zero-order valence-electron chi connectivity index (χ0n) is 9.61. The van der Waals surface area contributed by atoms with Gasteiger partial charge in [-0.15, -0.1) is 11.3 Å². The molecule has 2 aromatic rings. The van der Waals surface area contributed by atoms with Crippen molar-refractivity contribution < 1.29 is 14.2 Å². The Morgan fingerprint density at radius 2 is 2.06 bits per heavy atom. The molecule has 1 unspecified atom stereocenters. The third kappa shape index (κ3) is 2.48. The minimum Gasteiger partial charge on any atom is -0.496 e. The standard InChI is InChI=1S/C13H13FO2S/c1-8-3-6-12(17-8)13(15)10-7-9(14)4-5-11(10)16-2/h3-7,13,15H,1-2H3. The average molecular weight is 252 g/mol. The number of methoxy groups -OCH3 is 1. The molecule has 2 nitrogen and oxygen atoms in total. The molecule has 1 N–H and O–H groups in total. The summed E-state index contributed by atoms with van der Waals surface area (Å²) in [5.41, 5.74) is 0.453. The van der Waals surface area contributed by atoms with Crippen LogP contribution in [0.3, 0.4) is 0 Å². The first-order valence-electron chi connectivity index (χ1n) is 5.19. The summed E-state index contributed by atoms with van der Waals surface area (Å²) >= 11 is 1.49. The molecule has 2 rings (SSSR count). The summed E-state index contributed by atoms with van der Waals surface area (Å²) in [6.07, 6.45) is -0.848. The summed E-state index contributed by atoms with van der Waals surface area (Å²) in [4.78, 5) is 1.89. The molecule has 1 heterocycles. The molecule has 90 valence electrons. The average Bonchev–Trinajstić information content (AvgIpc) is 2.75. The molecule has 0 spiro atoms. The highest BCUT2D eigenvalue weighted by molar-refractivity contribution is 7.12. The van der Waals surface area contributed by atoms with Gasteiger partial charge in [0.2, 0.25) is 0 Å². The second kappa shape index (κ2) is 4.85. The first-order valence-corrected chi connectivity index (χ1v) is 6.01. The van der Waals surface area contributed by atoms with Crippen molar-refractivity contribution in [3.05, 3.63) is 51.5 Å². The Hall–Kier alpha value is -1.39. The zero-order chi connectivity index (χ0) is 12.4. The van der Waals surface area contributed by atoms with Gasteiger partial charge in [-0.1, -0.05) is 0 Å². The molecule has 0 amide bonds. The van der Waals surface area contributed by atoms with Gasteiger partial charge >= 0.3 is 0 Å². The molecule has 1 atom stereocenters. The monoisotopic (exact) mass is 252 g/mol. The largest absolute Gasteiger partial charge is 0.496 e. The van der Waals surface area contributed by atoms with E-state index >= 15 is 0 Å². The van der Waals surface area contributed by atoms with Crippen LogP contribution in [0, 0.1) is 12.7 Å². The van der Waals surface area contributed by atoms with Crippen molar-refractivity contribution in [3.8, 4) is 5.75 Å². The number of hydrogen-bond donors (Lipinski definition) is 1. The molecule has 0 aliphatic carbocycles. The van der Waals surface area contributed by atoms with Crippen molar-refractivity contribution in [2.24, 2.45) is 0 Å². The summed E-state index contributed by atoms with van der Waals surface area (Å²) in [5.74, 6) is 0.109. The van der Waals surface area contributed by atoms with Gasteiger partial charge in [0.05, 0.1) is 7.11 Å². The molecule has 4 heteroatoms. The molecule has 0 saturated carbocycles. The lowest BCUT2D eigenvalue weighted by atomic mass is 10.1. The Morgan fingerprint density at radius 1 is 1.29 bits per heavy atom. The van der Waals surface area contributed by atoms with Crippen LogP contribution in [-0.4, -0.2) is 12.2 Å². The molecule has 0 fully saturated rings. The van der Waals surface area contributed by atoms with E-state index in [4.69, 9.17) is 4.74 Å². The number of halogens is 1. The molecule has 1 aromatic carbocycles. The van der Waals surface area contributed by atoms with Gasteiger partial charge in [-0.25, -0.2) is 4.39 Å². The molecular formula is C13H13FO2S. The smallest absolute Gasteiger partial charge is 0.125 e. The van der Waals surface area contributed by atoms with Gasteiger partial charge in [-0.2, -0.15) is 0 Å². The van der Waals surface area contributed by atoms with E-state index in [-0.39, 0.29) is 5.82 Å². The van der Waals surface area contributed by atoms with Gasteiger partial charge in [0.25, 0.3) is 0 Å². The molecule has 0 aliphatic rings. The molecule has 1 aromatic heterocycles. The number of aliphatic hydroxyl groups is 1. The summed E-state index contributed by atoms with van der Waals surface area (Å²) in [6, 6.07) is 7.91. The van der Waals surface area contributed by atoms with Crippen molar-refractivity contribution in [3.63, 3.8) is 0 Å². The van der Waals surface area contributed by atoms with Gasteiger partial charge in [-0.3, -0.25) is 0 Å². The summed E-state index contributed by atoms with van der Waals surface area (Å²) in [6.45, 7) is 1.96. The van der Waals surface area contributed by atoms with Crippen LogP contribution < -0.4 is 4.74 Å². The second-order valence-electron chi connectivity index (χ2n) is 3.74. The maximum atomic E-state index is 13.2. The van der Waals surface area contributed by atoms with E-state index in [0.29, 0.717) is 11.3 Å². The highest BCUT2D eigenvalue weighted by atomic mass is 32.1. The van der Waals surface area contributed by atoms with E-state index in [1.807, 2.05) is 19.1 Å². The maximum Gasteiger partial charge on any atom is 0.125 e. The van der Waals surface area contributed by atoms with E-state index in [2.05, 4.69) is 0 Å². The Balaban J connectivity index is 2.42. The Bertz CT molecular complexity index is 522. The van der Waals surface area contributed by atoms with E-state index in [0.717, 1.165) is 9.75 Å². The van der Waals surface area contributed by atoms with Crippen molar-refractivity contribution in [1.82, 2.24) is 0 Å². The predicted octanol–water partition coefficient (Wildman–Crippen LogP) is 3.29. The summed E-state index contributed by atoms with van der Waals surface area (Å²) in [7, 11) is 1.50. The van der Waals surface area contributed by atoms with E-state index in [9.17, 15) is 9.50 Å². The van der Waals surface area contributed by atoms with Crippen molar-refractivity contribution >= 4 is 11.3 Å². The number of aliphatic hydroxyl groups excluding tert-OH is 1. The van der Waals surface area contributed by atoms with Crippen LogP contribution in [0.2, 0.25) is 0 Å². The van der Waals surface area contributed by atoms with Gasteiger partial charge in [0, 0.05) is 15.3 Å². The molecule has 0 bridgehead atoms. The highest BCUT2D eigenvalue weighted by Crippen LogP contribution is 2.33. The number of thiophene rings is 1. The fraction of sp³-hybridized carbons (Fsp3) is 0.231. The van der Waals surface area contributed by atoms with Crippen LogP contribution in [0.1, 0.15) is 21.4 Å². The highest BCUT2D eigenvalue weighted by Gasteiger charge is 2.17. The SMILES string of the molecule is COc1ccc(F)cc1C(O)c1ccc(C)s1. The lowest BCUT2D eigenvalue weighted by molar-refractivity contribution is 0.218. The second-order valence-corrected chi connectivity index (χ2v) is 5.06. The summed E-state index contributed by atoms with van der Waals surface area (Å²) in [5, 5.41) is 10.2. The van der Waals surface area contributed by atoms with Crippen LogP contribution in [0.5, 0.6) is 5.75 Å². The molecule has 17 heavy (non-hydrogen) atoms. The fourth-order valence-electron chi connectivity index (χ4n) is 1.67. The Morgan fingerprint density at radius 3 is 2.65 bits per heavy atom. The first kappa shape index (κ1) is 12.1. The zero-order valence-corrected chi connectivity index (χ0v) is 10.4. The van der Waals surface area contributed by atoms with Crippen molar-refractivity contribution in [2.75, 3.05) is 7.11 Å². The van der Waals surface area contributed by atoms with Gasteiger partial charge < -0.3 is 9.84 Å². The molecule has 0 saturated heterocycles. The van der Waals surface area contributed by atoms with Crippen LogP contribution in [0.25, 0.3) is 0 Å². The fourth-order valence-corrected chi connectivity index (χ4v) is 2.56. The maximum absolute atomic E-state index is 13.2. The third-order valence-electron chi connectivity index (χ3n) is 2.52. The number of ether oxygens (including phenoxy) is 1. The van der Waals surface area contributed by atoms with Gasteiger partial charge in [0.1, 0.15) is 17.7 Å². The van der Waals surface area contributed by atoms with Crippen LogP contribution >= 0.6 is 11.3 Å². The molecular weight excluding hydrogens is 239 g/mol. The van der Waals surface area contributed by atoms with Gasteiger partial charge in [-0.05, 0) is 37.3 Å². The normalized spacial score (nSPS) is 12.5. The number of benzene rings is 1. The van der Waals surface area contributed by atoms with Crippen LogP contribution in [0.4, 0.5) is 4.39 Å². The lowest BCUT2D eigenvalue weighted by Crippen LogP contribution is -2.01. The van der Waals surface area contributed by atoms with Crippen LogP contribution in [-0.2, 0) is 0 Å². The van der Waals surface area contributed by atoms with E-state index in [1.54, 1.807) is 0 Å². The first-order chi connectivity index (χ1) is 8.11. The summed E-state index contributed by atoms with van der Waals surface area (Å²) < 4.78 is 18.3. The van der Waals surface area contributed by atoms with E-state index < -0.39 is 6.10 Å². The molecule has 0 radical (unpaired) electrons. The Labute approximate surface area is 103 Å². The topological polar surface area (TPSA) is 29.5 Å². The van der Waals surface area contributed by atoms with E-state index in [1.165, 1.54) is 36.6 Å². The number of aryl methyl sites for hydroxylation is 1. The third-order valence-corrected chi connectivity index (χ3v) is 3.57.